The summed E-state index contributed by atoms with van der Waals surface area (Å²) >= 11 is 3.66. The Hall–Kier alpha value is -16.3. The van der Waals surface area contributed by atoms with Crippen molar-refractivity contribution in [1.29, 1.82) is 0 Å². The van der Waals surface area contributed by atoms with Gasteiger partial charge in [-0.25, -0.2) is 29.9 Å². The van der Waals surface area contributed by atoms with Gasteiger partial charge in [0.1, 0.15) is 0 Å². The minimum atomic E-state index is 0.679. The van der Waals surface area contributed by atoms with Gasteiger partial charge in [0, 0.05) is 114 Å². The molecule has 0 unspecified atom stereocenters. The first-order chi connectivity index (χ1) is 62.9. The Kier molecular flexibility index (Phi) is 18.5. The molecule has 18 aromatic carbocycles. The number of thiophene rings is 2. The average Bonchev–Trinajstić information content (AvgIpc) is 1.63. The number of rotatable bonds is 13. The molecule has 25 rings (SSSR count). The van der Waals surface area contributed by atoms with Gasteiger partial charge in [0.15, 0.2) is 11.6 Å². The van der Waals surface area contributed by atoms with E-state index >= 15 is 0 Å². The van der Waals surface area contributed by atoms with E-state index < -0.39 is 0 Å². The van der Waals surface area contributed by atoms with Gasteiger partial charge in [-0.15, -0.1) is 22.7 Å². The number of fused-ring (bicyclic) bond motifs is 15. The highest BCUT2D eigenvalue weighted by Gasteiger charge is 2.25. The third kappa shape index (κ3) is 13.4. The first kappa shape index (κ1) is 74.5. The molecule has 0 amide bonds. The Morgan fingerprint density at radius 3 is 0.976 bits per heavy atom. The van der Waals surface area contributed by atoms with Crippen molar-refractivity contribution < 1.29 is 0 Å². The SMILES string of the molecule is c1ccc(-c2ccc(-c3cc(-c4cccc(-c5cccc6c5nc(-c5cccc7ccccc57)c5sc7ccccc7c56)c4)nc(-c4ccc(-c5ccccc5)cc4)n3)cc2)cc1.c1ccc(-c2nc(-c3ccc(-c4cccc5c4nc(-c4cccc6ccccc46)c4sc6ccccc6c45)cc3)cc(-c3ccc(-n4c5ccccc5c5ccccc54)cc3)n2)cc1. The van der Waals surface area contributed by atoms with Crippen molar-refractivity contribution in [3.63, 3.8) is 0 Å². The van der Waals surface area contributed by atoms with E-state index in [0.717, 1.165) is 140 Å². The maximum Gasteiger partial charge on any atom is 0.160 e. The van der Waals surface area contributed by atoms with E-state index in [9.17, 15) is 0 Å². The smallest absolute Gasteiger partial charge is 0.160 e. The van der Waals surface area contributed by atoms with E-state index in [1.807, 2.05) is 53.0 Å². The van der Waals surface area contributed by atoms with Gasteiger partial charge in [-0.2, -0.15) is 0 Å². The highest BCUT2D eigenvalue weighted by Crippen LogP contribution is 2.49. The summed E-state index contributed by atoms with van der Waals surface area (Å²) in [5.74, 6) is 1.37. The largest absolute Gasteiger partial charge is 0.309 e. The number of nitrogens with zero attached hydrogens (tertiary/aromatic N) is 7. The molecule has 0 saturated carbocycles. The minimum Gasteiger partial charge on any atom is -0.309 e. The van der Waals surface area contributed by atoms with Crippen molar-refractivity contribution in [1.82, 2.24) is 34.5 Å². The zero-order valence-electron chi connectivity index (χ0n) is 68.6. The molecule has 25 aromatic rings. The lowest BCUT2D eigenvalue weighted by molar-refractivity contribution is 1.17. The van der Waals surface area contributed by atoms with Gasteiger partial charge in [-0.1, -0.05) is 388 Å². The molecule has 7 aromatic heterocycles. The molecule has 0 fully saturated rings. The molecular weight excluding hydrogens is 1580 g/mol. The van der Waals surface area contributed by atoms with Crippen LogP contribution in [-0.2, 0) is 0 Å². The van der Waals surface area contributed by atoms with Crippen LogP contribution in [0.5, 0.6) is 0 Å². The van der Waals surface area contributed by atoms with E-state index in [1.54, 1.807) is 0 Å². The van der Waals surface area contributed by atoms with Crippen LogP contribution in [0.4, 0.5) is 0 Å². The molecule has 0 radical (unpaired) electrons. The molecule has 0 aliphatic heterocycles. The number of hydrogen-bond donors (Lipinski definition) is 0. The summed E-state index contributed by atoms with van der Waals surface area (Å²) < 4.78 is 7.29. The molecule has 0 bridgehead atoms. The van der Waals surface area contributed by atoms with Crippen molar-refractivity contribution in [3.8, 4) is 141 Å². The van der Waals surface area contributed by atoms with E-state index in [4.69, 9.17) is 29.9 Å². The molecule has 0 N–H and O–H groups in total. The second kappa shape index (κ2) is 31.5. The third-order valence-electron chi connectivity index (χ3n) is 24.8. The van der Waals surface area contributed by atoms with Gasteiger partial charge >= 0.3 is 0 Å². The molecule has 0 atom stereocenters. The fraction of sp³-hybridized carbons (Fsp3) is 0. The molecule has 592 valence electrons. The predicted octanol–water partition coefficient (Wildman–Crippen LogP) is 32.2. The summed E-state index contributed by atoms with van der Waals surface area (Å²) in [5, 5.41) is 14.7. The van der Waals surface area contributed by atoms with Crippen molar-refractivity contribution in [2.75, 3.05) is 0 Å². The molecular formula is C118H73N7S2. The number of aromatic nitrogens is 7. The minimum absolute atomic E-state index is 0.679. The van der Waals surface area contributed by atoms with Gasteiger partial charge in [-0.05, 0) is 110 Å². The van der Waals surface area contributed by atoms with Gasteiger partial charge in [0.05, 0.1) is 65.6 Å². The lowest BCUT2D eigenvalue weighted by Gasteiger charge is -2.14. The van der Waals surface area contributed by atoms with Crippen LogP contribution in [-0.4, -0.2) is 34.5 Å². The average molecular weight is 1650 g/mol. The van der Waals surface area contributed by atoms with Crippen LogP contribution in [0, 0.1) is 0 Å². The number of para-hydroxylation sites is 4. The number of pyridine rings is 2. The zero-order valence-corrected chi connectivity index (χ0v) is 70.2. The van der Waals surface area contributed by atoms with Crippen LogP contribution >= 0.6 is 22.7 Å². The molecule has 0 saturated heterocycles. The summed E-state index contributed by atoms with van der Waals surface area (Å²) in [6.45, 7) is 0. The van der Waals surface area contributed by atoms with Gasteiger partial charge in [0.25, 0.3) is 0 Å². The Morgan fingerprint density at radius 2 is 0.496 bits per heavy atom. The highest BCUT2D eigenvalue weighted by molar-refractivity contribution is 7.27. The van der Waals surface area contributed by atoms with Gasteiger partial charge < -0.3 is 4.57 Å². The monoisotopic (exact) mass is 1650 g/mol. The number of benzene rings is 18. The van der Waals surface area contributed by atoms with Crippen molar-refractivity contribution in [3.05, 3.63) is 443 Å². The summed E-state index contributed by atoms with van der Waals surface area (Å²) in [4.78, 5) is 32.1. The maximum absolute atomic E-state index is 5.65. The molecule has 7 nitrogen and oxygen atoms in total. The lowest BCUT2D eigenvalue weighted by atomic mass is 9.95. The Labute approximate surface area is 740 Å². The van der Waals surface area contributed by atoms with Crippen molar-refractivity contribution in [2.45, 2.75) is 0 Å². The van der Waals surface area contributed by atoms with Gasteiger partial charge in [-0.3, -0.25) is 0 Å². The van der Waals surface area contributed by atoms with E-state index in [1.165, 1.54) is 94.8 Å². The first-order valence-electron chi connectivity index (χ1n) is 42.9. The van der Waals surface area contributed by atoms with E-state index in [2.05, 4.69) is 417 Å². The Morgan fingerprint density at radius 1 is 0.189 bits per heavy atom. The second-order valence-corrected chi connectivity index (χ2v) is 34.3. The molecule has 127 heavy (non-hydrogen) atoms. The standard InChI is InChI=1S/C59H36N4S.C59H37N3S/c1-2-15-41(16-3-1)59-60-50(36-51(61-59)40-32-34-42(35-33-40)63-52-25-9-6-19-45(52)46-20-7-10-26-53(46)63)39-30-28-38(29-31-39)44-22-13-24-49-55-48-21-8-11-27-54(48)64-58(55)57(62-56(44)49)47-23-12-17-37-14-4-5-18-43(37)47;1-3-14-38(15-4-1)40-28-32-43(33-29-40)52-37-53(61-59(60-52)44-34-30-41(31-35-44)39-16-5-2-6-17-39)46-21-11-20-45(36-46)48-24-13-26-51-55-50-23-9-10-27-54(50)63-58(55)57(62-56(48)51)49-25-12-19-42-18-7-8-22-47(42)49/h1-36H;1-37H. The summed E-state index contributed by atoms with van der Waals surface area (Å²) in [6, 6.07) is 157. The fourth-order valence-electron chi connectivity index (χ4n) is 18.6. The van der Waals surface area contributed by atoms with Crippen LogP contribution < -0.4 is 0 Å². The molecule has 9 heteroatoms. The quantitative estimate of drug-likeness (QED) is 0.114. The summed E-state index contributed by atoms with van der Waals surface area (Å²) in [5.41, 5.74) is 28.3. The van der Waals surface area contributed by atoms with Crippen LogP contribution in [0.15, 0.2) is 443 Å². The normalized spacial score (nSPS) is 11.6. The summed E-state index contributed by atoms with van der Waals surface area (Å²) in [6.07, 6.45) is 0. The lowest BCUT2D eigenvalue weighted by Crippen LogP contribution is -1.97. The Balaban J connectivity index is 0.000000142. The molecule has 7 heterocycles. The predicted molar refractivity (Wildman–Crippen MR) is 535 cm³/mol. The molecule has 0 spiro atoms. The van der Waals surface area contributed by atoms with Crippen molar-refractivity contribution >= 4 is 128 Å². The van der Waals surface area contributed by atoms with Crippen LogP contribution in [0.1, 0.15) is 0 Å². The maximum atomic E-state index is 5.65. The van der Waals surface area contributed by atoms with Crippen LogP contribution in [0.2, 0.25) is 0 Å². The molecule has 0 aliphatic rings. The van der Waals surface area contributed by atoms with Crippen LogP contribution in [0.25, 0.3) is 246 Å². The molecule has 0 aliphatic carbocycles. The third-order valence-corrected chi connectivity index (χ3v) is 27.1. The first-order valence-corrected chi connectivity index (χ1v) is 44.5. The number of hydrogen-bond acceptors (Lipinski definition) is 8. The van der Waals surface area contributed by atoms with Gasteiger partial charge in [0.2, 0.25) is 0 Å². The second-order valence-electron chi connectivity index (χ2n) is 32.2. The Bertz CT molecular complexity index is 8440. The highest BCUT2D eigenvalue weighted by atomic mass is 32.1. The fourth-order valence-corrected chi connectivity index (χ4v) is 21.0. The van der Waals surface area contributed by atoms with E-state index in [-0.39, 0.29) is 0 Å². The van der Waals surface area contributed by atoms with Crippen LogP contribution in [0.3, 0.4) is 0 Å². The topological polar surface area (TPSA) is 82.3 Å². The summed E-state index contributed by atoms with van der Waals surface area (Å²) in [7, 11) is 0. The van der Waals surface area contributed by atoms with E-state index in [0.29, 0.717) is 11.6 Å². The zero-order chi connectivity index (χ0) is 83.8. The van der Waals surface area contributed by atoms with Crippen molar-refractivity contribution in [2.24, 2.45) is 0 Å².